The Labute approximate surface area is 125 Å². The molecule has 2 rings (SSSR count). The summed E-state index contributed by atoms with van der Waals surface area (Å²) in [7, 11) is 0. The number of aliphatic hydroxyl groups is 1. The van der Waals surface area contributed by atoms with Crippen LogP contribution in [0.5, 0.6) is 0 Å². The molecule has 1 aromatic rings. The second-order valence-corrected chi connectivity index (χ2v) is 5.57. The Kier molecular flexibility index (Phi) is 5.99. The molecule has 0 aliphatic heterocycles. The van der Waals surface area contributed by atoms with E-state index in [1.807, 2.05) is 0 Å². The molecule has 0 amide bonds. The fourth-order valence-corrected chi connectivity index (χ4v) is 2.73. The van der Waals surface area contributed by atoms with Crippen LogP contribution in [0, 0.1) is 0 Å². The Balaban J connectivity index is 1.98. The standard InChI is InChI=1S/C16H24N2O3/c19-10-6-2-1-5-9-17-15-13(16(20)21)11-12-7-3-4-8-14(12)18-15/h11,19H,1-10H2,(H,17,18)(H,20,21). The Morgan fingerprint density at radius 1 is 1.19 bits per heavy atom. The van der Waals surface area contributed by atoms with Crippen molar-refractivity contribution in [2.45, 2.75) is 51.4 Å². The van der Waals surface area contributed by atoms with Crippen LogP contribution in [0.15, 0.2) is 6.07 Å². The predicted octanol–water partition coefficient (Wildman–Crippen LogP) is 2.62. The van der Waals surface area contributed by atoms with Crippen molar-refractivity contribution in [2.75, 3.05) is 18.5 Å². The van der Waals surface area contributed by atoms with E-state index in [0.717, 1.165) is 69.2 Å². The van der Waals surface area contributed by atoms with Crippen LogP contribution in [0.25, 0.3) is 0 Å². The lowest BCUT2D eigenvalue weighted by atomic mass is 9.94. The molecule has 1 aliphatic rings. The number of rotatable bonds is 8. The summed E-state index contributed by atoms with van der Waals surface area (Å²) >= 11 is 0. The minimum absolute atomic E-state index is 0.239. The smallest absolute Gasteiger partial charge is 0.339 e. The van der Waals surface area contributed by atoms with Crippen molar-refractivity contribution in [1.29, 1.82) is 0 Å². The highest BCUT2D eigenvalue weighted by Gasteiger charge is 2.18. The average molecular weight is 292 g/mol. The summed E-state index contributed by atoms with van der Waals surface area (Å²) in [6.45, 7) is 0.959. The monoisotopic (exact) mass is 292 g/mol. The number of carboxylic acids is 1. The Morgan fingerprint density at radius 3 is 2.71 bits per heavy atom. The molecular formula is C16H24N2O3. The number of aliphatic hydroxyl groups excluding tert-OH is 1. The summed E-state index contributed by atoms with van der Waals surface area (Å²) in [6, 6.07) is 1.79. The summed E-state index contributed by atoms with van der Waals surface area (Å²) in [5.74, 6) is -0.413. The van der Waals surface area contributed by atoms with E-state index >= 15 is 0 Å². The fraction of sp³-hybridized carbons (Fsp3) is 0.625. The highest BCUT2D eigenvalue weighted by Crippen LogP contribution is 2.24. The molecule has 3 N–H and O–H groups in total. The molecule has 21 heavy (non-hydrogen) atoms. The Morgan fingerprint density at radius 2 is 1.95 bits per heavy atom. The zero-order chi connectivity index (χ0) is 15.1. The molecule has 1 heterocycles. The van der Waals surface area contributed by atoms with Gasteiger partial charge in [0.2, 0.25) is 0 Å². The number of carbonyl (C=O) groups is 1. The van der Waals surface area contributed by atoms with Crippen molar-refractivity contribution in [3.63, 3.8) is 0 Å². The number of pyridine rings is 1. The minimum Gasteiger partial charge on any atom is -0.478 e. The van der Waals surface area contributed by atoms with Crippen LogP contribution in [0.1, 0.15) is 60.1 Å². The second kappa shape index (κ2) is 7.98. The first-order valence-corrected chi connectivity index (χ1v) is 7.83. The maximum absolute atomic E-state index is 11.4. The normalized spacial score (nSPS) is 13.8. The first kappa shape index (κ1) is 15.8. The van der Waals surface area contributed by atoms with Crippen LogP contribution in [0.3, 0.4) is 0 Å². The number of anilines is 1. The number of nitrogens with one attached hydrogen (secondary N) is 1. The van der Waals surface area contributed by atoms with Crippen LogP contribution >= 0.6 is 0 Å². The minimum atomic E-state index is -0.918. The summed E-state index contributed by atoms with van der Waals surface area (Å²) in [4.78, 5) is 15.9. The molecule has 1 aromatic heterocycles. The number of aromatic carboxylic acids is 1. The van der Waals surface area contributed by atoms with Crippen molar-refractivity contribution >= 4 is 11.8 Å². The van der Waals surface area contributed by atoms with Gasteiger partial charge < -0.3 is 15.5 Å². The van der Waals surface area contributed by atoms with Gasteiger partial charge in [-0.3, -0.25) is 0 Å². The van der Waals surface area contributed by atoms with Gasteiger partial charge in [-0.05, 0) is 50.2 Å². The summed E-state index contributed by atoms with van der Waals surface area (Å²) in [6.07, 6.45) is 7.95. The molecule has 0 saturated heterocycles. The maximum atomic E-state index is 11.4. The third-order valence-electron chi connectivity index (χ3n) is 3.91. The molecule has 0 bridgehead atoms. The zero-order valence-electron chi connectivity index (χ0n) is 12.4. The molecule has 0 fully saturated rings. The van der Waals surface area contributed by atoms with E-state index in [0.29, 0.717) is 5.82 Å². The highest BCUT2D eigenvalue weighted by atomic mass is 16.4. The van der Waals surface area contributed by atoms with Gasteiger partial charge in [0, 0.05) is 18.8 Å². The lowest BCUT2D eigenvalue weighted by molar-refractivity contribution is 0.0697. The highest BCUT2D eigenvalue weighted by molar-refractivity contribution is 5.93. The van der Waals surface area contributed by atoms with E-state index in [2.05, 4.69) is 10.3 Å². The van der Waals surface area contributed by atoms with E-state index in [4.69, 9.17) is 5.11 Å². The number of fused-ring (bicyclic) bond motifs is 1. The number of unbranched alkanes of at least 4 members (excludes halogenated alkanes) is 3. The van der Waals surface area contributed by atoms with Crippen LogP contribution < -0.4 is 5.32 Å². The first-order chi connectivity index (χ1) is 10.2. The number of hydrogen-bond acceptors (Lipinski definition) is 4. The van der Waals surface area contributed by atoms with Crippen LogP contribution in [-0.4, -0.2) is 34.3 Å². The van der Waals surface area contributed by atoms with E-state index in [-0.39, 0.29) is 12.2 Å². The maximum Gasteiger partial charge on any atom is 0.339 e. The van der Waals surface area contributed by atoms with Gasteiger partial charge in [0.05, 0.1) is 0 Å². The molecule has 0 aromatic carbocycles. The van der Waals surface area contributed by atoms with Crippen molar-refractivity contribution in [2.24, 2.45) is 0 Å². The van der Waals surface area contributed by atoms with Crippen LogP contribution in [0.4, 0.5) is 5.82 Å². The molecule has 116 valence electrons. The summed E-state index contributed by atoms with van der Waals surface area (Å²) < 4.78 is 0. The SMILES string of the molecule is O=C(O)c1cc2c(nc1NCCCCCCO)CCCC2. The van der Waals surface area contributed by atoms with Gasteiger partial charge in [-0.25, -0.2) is 9.78 Å². The summed E-state index contributed by atoms with van der Waals surface area (Å²) in [5.41, 5.74) is 2.42. The lowest BCUT2D eigenvalue weighted by Crippen LogP contribution is -2.14. The molecular weight excluding hydrogens is 268 g/mol. The number of aryl methyl sites for hydroxylation is 2. The molecule has 0 saturated carbocycles. The molecule has 1 aliphatic carbocycles. The van der Waals surface area contributed by atoms with Crippen molar-refractivity contribution in [3.8, 4) is 0 Å². The van der Waals surface area contributed by atoms with Crippen molar-refractivity contribution in [3.05, 3.63) is 22.9 Å². The molecule has 5 heteroatoms. The van der Waals surface area contributed by atoms with Gasteiger partial charge in [-0.15, -0.1) is 0 Å². The third-order valence-corrected chi connectivity index (χ3v) is 3.91. The van der Waals surface area contributed by atoms with Crippen LogP contribution in [-0.2, 0) is 12.8 Å². The molecule has 0 unspecified atom stereocenters. The molecule has 5 nitrogen and oxygen atoms in total. The zero-order valence-corrected chi connectivity index (χ0v) is 12.4. The van der Waals surface area contributed by atoms with E-state index in [1.165, 1.54) is 0 Å². The van der Waals surface area contributed by atoms with Gasteiger partial charge in [0.15, 0.2) is 0 Å². The molecule has 0 spiro atoms. The number of carboxylic acid groups (broad SMARTS) is 1. The molecule has 0 radical (unpaired) electrons. The van der Waals surface area contributed by atoms with E-state index in [9.17, 15) is 9.90 Å². The average Bonchev–Trinajstić information content (AvgIpc) is 2.49. The van der Waals surface area contributed by atoms with E-state index in [1.54, 1.807) is 6.07 Å². The van der Waals surface area contributed by atoms with Gasteiger partial charge in [0.1, 0.15) is 11.4 Å². The van der Waals surface area contributed by atoms with Crippen molar-refractivity contribution < 1.29 is 15.0 Å². The van der Waals surface area contributed by atoms with Crippen LogP contribution in [0.2, 0.25) is 0 Å². The van der Waals surface area contributed by atoms with Gasteiger partial charge >= 0.3 is 5.97 Å². The number of aromatic nitrogens is 1. The second-order valence-electron chi connectivity index (χ2n) is 5.57. The van der Waals surface area contributed by atoms with Gasteiger partial charge in [0.25, 0.3) is 0 Å². The topological polar surface area (TPSA) is 82.5 Å². The van der Waals surface area contributed by atoms with Gasteiger partial charge in [-0.2, -0.15) is 0 Å². The fourth-order valence-electron chi connectivity index (χ4n) is 2.73. The first-order valence-electron chi connectivity index (χ1n) is 7.83. The quantitative estimate of drug-likeness (QED) is 0.642. The Hall–Kier alpha value is -1.62. The number of nitrogens with zero attached hydrogens (tertiary/aromatic N) is 1. The number of hydrogen-bond donors (Lipinski definition) is 3. The Bertz CT molecular complexity index is 489. The molecule has 0 atom stereocenters. The van der Waals surface area contributed by atoms with E-state index < -0.39 is 5.97 Å². The third kappa shape index (κ3) is 4.43. The predicted molar refractivity (Wildman–Crippen MR) is 81.9 cm³/mol. The van der Waals surface area contributed by atoms with Crippen molar-refractivity contribution in [1.82, 2.24) is 4.98 Å². The van der Waals surface area contributed by atoms with Gasteiger partial charge in [-0.1, -0.05) is 12.8 Å². The largest absolute Gasteiger partial charge is 0.478 e. The lowest BCUT2D eigenvalue weighted by Gasteiger charge is -2.18. The summed E-state index contributed by atoms with van der Waals surface area (Å²) in [5, 5.41) is 21.2.